The molecule has 2 N–H and O–H groups in total. The highest BCUT2D eigenvalue weighted by atomic mass is 32.1. The second kappa shape index (κ2) is 18.1. The highest BCUT2D eigenvalue weighted by Crippen LogP contribution is 2.61. The Morgan fingerprint density at radius 2 is 1.08 bits per heavy atom. The number of unbranched alkanes of at least 4 members (excludes halogenated alkanes) is 4. The van der Waals surface area contributed by atoms with Gasteiger partial charge in [0.2, 0.25) is 0 Å². The zero-order valence-corrected chi connectivity index (χ0v) is 19.2. The molecule has 4 nitrogen and oxygen atoms in total. The summed E-state index contributed by atoms with van der Waals surface area (Å²) < 4.78 is 0. The van der Waals surface area contributed by atoms with Crippen molar-refractivity contribution in [2.75, 3.05) is 24.6 Å². The Kier molecular flexibility index (Phi) is 19.4. The van der Waals surface area contributed by atoms with E-state index in [1.165, 1.54) is 51.4 Å². The Morgan fingerprint density at radius 1 is 0.769 bits per heavy atom. The molecule has 0 heterocycles. The summed E-state index contributed by atoms with van der Waals surface area (Å²) in [4.78, 5) is 19.7. The molecule has 0 amide bonds. The number of carboxylic acids is 2. The van der Waals surface area contributed by atoms with Gasteiger partial charge in [0.1, 0.15) is 5.25 Å². The van der Waals surface area contributed by atoms with Crippen molar-refractivity contribution >= 4 is 31.8 Å². The Labute approximate surface area is 167 Å². The third-order valence-electron chi connectivity index (χ3n) is 4.60. The molecule has 0 spiro atoms. The maximum Gasteiger partial charge on any atom is 0.316 e. The minimum atomic E-state index is -1.21. The van der Waals surface area contributed by atoms with Gasteiger partial charge in [-0.05, 0) is 25.7 Å². The van der Waals surface area contributed by atoms with Crippen LogP contribution in [0.15, 0.2) is 0 Å². The smallest absolute Gasteiger partial charge is 0.316 e. The highest BCUT2D eigenvalue weighted by Gasteiger charge is 2.34. The Hall–Kier alpha value is -0.280. The van der Waals surface area contributed by atoms with E-state index in [0.717, 1.165) is 0 Å². The lowest BCUT2D eigenvalue weighted by molar-refractivity contribution is -0.142. The standard InChI is InChI=1S/C16H36P.C4H6O4S/c1-5-9-13-17(14-10-6-2,15-11-7-3)16-12-8-4;5-3(6)1-2(9)4(7)8/h5-16H2,1-4H3;2,9H,1H2,(H,5,6)(H,7,8)/q+1;. The lowest BCUT2D eigenvalue weighted by Gasteiger charge is -2.28. The van der Waals surface area contributed by atoms with Crippen molar-refractivity contribution in [2.45, 2.75) is 90.7 Å². The predicted octanol–water partition coefficient (Wildman–Crippen LogP) is 6.05. The average Bonchev–Trinajstić information content (AvgIpc) is 2.60. The molecule has 0 bridgehead atoms. The lowest BCUT2D eigenvalue weighted by atomic mass is 10.3. The van der Waals surface area contributed by atoms with Crippen molar-refractivity contribution in [1.29, 1.82) is 0 Å². The number of aliphatic carboxylic acids is 2. The van der Waals surface area contributed by atoms with E-state index in [4.69, 9.17) is 10.2 Å². The van der Waals surface area contributed by atoms with Gasteiger partial charge in [0, 0.05) is 7.26 Å². The monoisotopic (exact) mass is 409 g/mol. The second-order valence-electron chi connectivity index (χ2n) is 7.10. The number of thiol groups is 1. The molecule has 0 aromatic carbocycles. The van der Waals surface area contributed by atoms with Crippen molar-refractivity contribution in [2.24, 2.45) is 0 Å². The molecular formula is C20H42O4PS+. The van der Waals surface area contributed by atoms with E-state index in [1.54, 1.807) is 24.6 Å². The summed E-state index contributed by atoms with van der Waals surface area (Å²) in [5.41, 5.74) is 0. The van der Waals surface area contributed by atoms with E-state index in [2.05, 4.69) is 40.3 Å². The van der Waals surface area contributed by atoms with Crippen molar-refractivity contribution in [3.8, 4) is 0 Å². The molecular weight excluding hydrogens is 367 g/mol. The molecule has 0 saturated carbocycles. The summed E-state index contributed by atoms with van der Waals surface area (Å²) in [6, 6.07) is 0. The summed E-state index contributed by atoms with van der Waals surface area (Å²) in [6.07, 6.45) is 17.5. The Balaban J connectivity index is 0. The third kappa shape index (κ3) is 15.9. The first-order valence-electron chi connectivity index (χ1n) is 10.3. The van der Waals surface area contributed by atoms with Crippen molar-refractivity contribution in [3.05, 3.63) is 0 Å². The van der Waals surface area contributed by atoms with Crippen molar-refractivity contribution in [1.82, 2.24) is 0 Å². The van der Waals surface area contributed by atoms with E-state index in [9.17, 15) is 9.59 Å². The van der Waals surface area contributed by atoms with Gasteiger partial charge in [-0.1, -0.05) is 53.4 Å². The quantitative estimate of drug-likeness (QED) is 0.227. The normalized spacial score (nSPS) is 12.2. The highest BCUT2D eigenvalue weighted by molar-refractivity contribution is 7.81. The van der Waals surface area contributed by atoms with Gasteiger partial charge in [-0.25, -0.2) is 0 Å². The van der Waals surface area contributed by atoms with E-state index in [-0.39, 0.29) is 0 Å². The summed E-state index contributed by atoms with van der Waals surface area (Å²) >= 11 is 3.48. The Morgan fingerprint density at radius 3 is 1.23 bits per heavy atom. The molecule has 0 aliphatic heterocycles. The van der Waals surface area contributed by atoms with Crippen LogP contribution in [0.5, 0.6) is 0 Å². The van der Waals surface area contributed by atoms with Crippen molar-refractivity contribution < 1.29 is 19.8 Å². The van der Waals surface area contributed by atoms with Gasteiger partial charge >= 0.3 is 11.9 Å². The van der Waals surface area contributed by atoms with Crippen LogP contribution in [0.4, 0.5) is 0 Å². The van der Waals surface area contributed by atoms with Gasteiger partial charge in [-0.3, -0.25) is 9.59 Å². The summed E-state index contributed by atoms with van der Waals surface area (Å²) in [5, 5.41) is 15.0. The molecule has 0 radical (unpaired) electrons. The van der Waals surface area contributed by atoms with E-state index in [1.807, 2.05) is 0 Å². The number of hydrogen-bond acceptors (Lipinski definition) is 3. The fraction of sp³-hybridized carbons (Fsp3) is 0.900. The number of hydrogen-bond donors (Lipinski definition) is 3. The van der Waals surface area contributed by atoms with Gasteiger partial charge in [0.05, 0.1) is 31.1 Å². The number of rotatable bonds is 15. The van der Waals surface area contributed by atoms with Crippen LogP contribution in [0.2, 0.25) is 0 Å². The van der Waals surface area contributed by atoms with Crippen molar-refractivity contribution in [3.63, 3.8) is 0 Å². The SMILES string of the molecule is CCCC[P+](CCCC)(CCCC)CCCC.O=C(O)CC(S)C(=O)O. The first-order chi connectivity index (χ1) is 12.3. The summed E-state index contributed by atoms with van der Waals surface area (Å²) in [6.45, 7) is 9.42. The van der Waals surface area contributed by atoms with E-state index >= 15 is 0 Å². The molecule has 0 aliphatic carbocycles. The maximum atomic E-state index is 9.90. The van der Waals surface area contributed by atoms with Crippen LogP contribution in [0, 0.1) is 0 Å². The van der Waals surface area contributed by atoms with Crippen LogP contribution >= 0.6 is 19.9 Å². The topological polar surface area (TPSA) is 74.6 Å². The largest absolute Gasteiger partial charge is 0.481 e. The first-order valence-corrected chi connectivity index (χ1v) is 13.3. The molecule has 6 heteroatoms. The minimum absolute atomic E-state index is 0.446. The van der Waals surface area contributed by atoms with Gasteiger partial charge in [0.25, 0.3) is 0 Å². The fourth-order valence-corrected chi connectivity index (χ4v) is 8.34. The zero-order chi connectivity index (χ0) is 20.4. The molecule has 1 atom stereocenters. The molecule has 0 saturated heterocycles. The molecule has 0 aromatic rings. The van der Waals surface area contributed by atoms with Crippen LogP contribution in [-0.2, 0) is 9.59 Å². The molecule has 156 valence electrons. The van der Waals surface area contributed by atoms with Crippen LogP contribution in [0.3, 0.4) is 0 Å². The molecule has 0 aliphatic rings. The maximum absolute atomic E-state index is 9.90. The average molecular weight is 410 g/mol. The molecule has 0 fully saturated rings. The summed E-state index contributed by atoms with van der Waals surface area (Å²) in [7, 11) is -0.562. The minimum Gasteiger partial charge on any atom is -0.481 e. The van der Waals surface area contributed by atoms with Gasteiger partial charge in [-0.2, -0.15) is 12.6 Å². The van der Waals surface area contributed by atoms with Crippen LogP contribution in [0.25, 0.3) is 0 Å². The molecule has 0 aromatic heterocycles. The molecule has 1 unspecified atom stereocenters. The first kappa shape index (κ1) is 27.9. The van der Waals surface area contributed by atoms with Gasteiger partial charge < -0.3 is 10.2 Å². The van der Waals surface area contributed by atoms with Crippen LogP contribution in [-0.4, -0.2) is 52.0 Å². The zero-order valence-electron chi connectivity index (χ0n) is 17.4. The summed E-state index contributed by atoms with van der Waals surface area (Å²) in [5.74, 6) is -2.36. The van der Waals surface area contributed by atoms with E-state index < -0.39 is 30.9 Å². The second-order valence-corrected chi connectivity index (χ2v) is 12.2. The third-order valence-corrected chi connectivity index (χ3v) is 10.1. The molecule has 26 heavy (non-hydrogen) atoms. The fourth-order valence-electron chi connectivity index (χ4n) is 2.90. The van der Waals surface area contributed by atoms with Crippen LogP contribution in [0.1, 0.15) is 85.5 Å². The van der Waals surface area contributed by atoms with E-state index in [0.29, 0.717) is 0 Å². The van der Waals surface area contributed by atoms with Gasteiger partial charge in [0.15, 0.2) is 0 Å². The van der Waals surface area contributed by atoms with Gasteiger partial charge in [-0.15, -0.1) is 0 Å². The number of carbonyl (C=O) groups is 2. The predicted molar refractivity (Wildman–Crippen MR) is 119 cm³/mol. The lowest BCUT2D eigenvalue weighted by Crippen LogP contribution is -2.17. The van der Waals surface area contributed by atoms with Crippen LogP contribution < -0.4 is 0 Å². The Bertz CT molecular complexity index is 326. The molecule has 0 rings (SSSR count). The number of carboxylic acid groups (broad SMARTS) is 2.